The number of hydrogen-bond acceptors (Lipinski definition) is 3. The number of anilines is 1. The van der Waals surface area contributed by atoms with E-state index in [0.717, 1.165) is 23.5 Å². The normalized spacial score (nSPS) is 10.3. The van der Waals surface area contributed by atoms with Crippen LogP contribution in [0.15, 0.2) is 36.5 Å². The highest BCUT2D eigenvalue weighted by Crippen LogP contribution is 2.15. The summed E-state index contributed by atoms with van der Waals surface area (Å²) in [4.78, 5) is 2.56. The number of benzene rings is 1. The number of aromatic nitrogens is 2. The molecule has 0 bridgehead atoms. The standard InChI is InChI=1S/C13H16N4S/c1-16(9-11-7-8-17(2)15-11)12-5-3-10(4-6-12)13(14)18/h3-8H,9H2,1-2H3,(H2,14,18). The van der Waals surface area contributed by atoms with E-state index in [0.29, 0.717) is 4.99 Å². The van der Waals surface area contributed by atoms with Crippen LogP contribution in [0, 0.1) is 0 Å². The Labute approximate surface area is 112 Å². The van der Waals surface area contributed by atoms with Crippen molar-refractivity contribution in [2.75, 3.05) is 11.9 Å². The summed E-state index contributed by atoms with van der Waals surface area (Å²) in [5.74, 6) is 0. The maximum absolute atomic E-state index is 5.57. The van der Waals surface area contributed by atoms with Gasteiger partial charge < -0.3 is 10.6 Å². The van der Waals surface area contributed by atoms with Gasteiger partial charge >= 0.3 is 0 Å². The van der Waals surface area contributed by atoms with Crippen LogP contribution >= 0.6 is 12.2 Å². The van der Waals surface area contributed by atoms with Crippen molar-refractivity contribution in [3.05, 3.63) is 47.8 Å². The molecule has 0 aliphatic heterocycles. The van der Waals surface area contributed by atoms with Gasteiger partial charge in [-0.1, -0.05) is 12.2 Å². The molecule has 2 N–H and O–H groups in total. The van der Waals surface area contributed by atoms with Crippen LogP contribution in [0.25, 0.3) is 0 Å². The third kappa shape index (κ3) is 2.87. The zero-order valence-corrected chi connectivity index (χ0v) is 11.3. The minimum Gasteiger partial charge on any atom is -0.389 e. The summed E-state index contributed by atoms with van der Waals surface area (Å²) in [6, 6.07) is 9.91. The van der Waals surface area contributed by atoms with E-state index in [1.54, 1.807) is 4.68 Å². The van der Waals surface area contributed by atoms with E-state index in [1.165, 1.54) is 0 Å². The molecule has 1 heterocycles. The summed E-state index contributed by atoms with van der Waals surface area (Å²) >= 11 is 4.93. The van der Waals surface area contributed by atoms with E-state index in [1.807, 2.05) is 50.6 Å². The molecular formula is C13H16N4S. The number of rotatable bonds is 4. The van der Waals surface area contributed by atoms with Gasteiger partial charge in [-0.2, -0.15) is 5.10 Å². The van der Waals surface area contributed by atoms with Crippen LogP contribution in [0.3, 0.4) is 0 Å². The van der Waals surface area contributed by atoms with Crippen LogP contribution in [0.1, 0.15) is 11.3 Å². The molecule has 18 heavy (non-hydrogen) atoms. The van der Waals surface area contributed by atoms with Crippen molar-refractivity contribution in [1.29, 1.82) is 0 Å². The predicted octanol–water partition coefficient (Wildman–Crippen LogP) is 1.69. The Morgan fingerprint density at radius 3 is 2.50 bits per heavy atom. The summed E-state index contributed by atoms with van der Waals surface area (Å²) in [5, 5.41) is 4.36. The molecule has 94 valence electrons. The average molecular weight is 260 g/mol. The Kier molecular flexibility index (Phi) is 3.62. The summed E-state index contributed by atoms with van der Waals surface area (Å²) in [7, 11) is 3.95. The van der Waals surface area contributed by atoms with Crippen LogP contribution in [-0.4, -0.2) is 21.8 Å². The van der Waals surface area contributed by atoms with Crippen molar-refractivity contribution in [3.8, 4) is 0 Å². The molecule has 5 heteroatoms. The molecule has 0 amide bonds. The highest BCUT2D eigenvalue weighted by Gasteiger charge is 2.05. The van der Waals surface area contributed by atoms with Gasteiger partial charge in [-0.15, -0.1) is 0 Å². The van der Waals surface area contributed by atoms with Gasteiger partial charge in [0.1, 0.15) is 4.99 Å². The molecule has 0 spiro atoms. The molecule has 0 aliphatic carbocycles. The van der Waals surface area contributed by atoms with Gasteiger partial charge in [-0.3, -0.25) is 4.68 Å². The molecule has 0 atom stereocenters. The highest BCUT2D eigenvalue weighted by molar-refractivity contribution is 7.80. The van der Waals surface area contributed by atoms with E-state index in [9.17, 15) is 0 Å². The lowest BCUT2D eigenvalue weighted by Gasteiger charge is -2.18. The fourth-order valence-electron chi connectivity index (χ4n) is 1.76. The maximum atomic E-state index is 5.57. The lowest BCUT2D eigenvalue weighted by atomic mass is 10.2. The summed E-state index contributed by atoms with van der Waals surface area (Å²) in [5.41, 5.74) is 8.61. The minimum absolute atomic E-state index is 0.425. The number of nitrogens with two attached hydrogens (primary N) is 1. The first-order valence-corrected chi connectivity index (χ1v) is 6.06. The van der Waals surface area contributed by atoms with Crippen molar-refractivity contribution in [1.82, 2.24) is 9.78 Å². The van der Waals surface area contributed by atoms with Crippen molar-refractivity contribution in [2.24, 2.45) is 12.8 Å². The topological polar surface area (TPSA) is 47.1 Å². The fraction of sp³-hybridized carbons (Fsp3) is 0.231. The summed E-state index contributed by atoms with van der Waals surface area (Å²) < 4.78 is 1.80. The molecule has 2 aromatic rings. The molecule has 0 fully saturated rings. The smallest absolute Gasteiger partial charge is 0.103 e. The Balaban J connectivity index is 2.09. The van der Waals surface area contributed by atoms with E-state index >= 15 is 0 Å². The second kappa shape index (κ2) is 5.18. The lowest BCUT2D eigenvalue weighted by molar-refractivity contribution is 0.734. The molecule has 0 radical (unpaired) electrons. The molecule has 4 nitrogen and oxygen atoms in total. The van der Waals surface area contributed by atoms with Gasteiger partial charge in [-0.25, -0.2) is 0 Å². The van der Waals surface area contributed by atoms with E-state index in [2.05, 4.69) is 10.00 Å². The Bertz CT molecular complexity index is 544. The number of hydrogen-bond donors (Lipinski definition) is 1. The fourth-order valence-corrected chi connectivity index (χ4v) is 1.90. The third-order valence-electron chi connectivity index (χ3n) is 2.76. The van der Waals surface area contributed by atoms with Crippen LogP contribution in [0.2, 0.25) is 0 Å². The van der Waals surface area contributed by atoms with Gasteiger partial charge in [0, 0.05) is 31.5 Å². The highest BCUT2D eigenvalue weighted by atomic mass is 32.1. The summed E-state index contributed by atoms with van der Waals surface area (Å²) in [6.07, 6.45) is 1.94. The Morgan fingerprint density at radius 2 is 2.00 bits per heavy atom. The first-order valence-electron chi connectivity index (χ1n) is 5.66. The molecule has 1 aromatic heterocycles. The van der Waals surface area contributed by atoms with Crippen molar-refractivity contribution >= 4 is 22.9 Å². The summed E-state index contributed by atoms with van der Waals surface area (Å²) in [6.45, 7) is 0.771. The van der Waals surface area contributed by atoms with Crippen molar-refractivity contribution in [3.63, 3.8) is 0 Å². The molecule has 2 rings (SSSR count). The van der Waals surface area contributed by atoms with Crippen molar-refractivity contribution in [2.45, 2.75) is 6.54 Å². The number of aryl methyl sites for hydroxylation is 1. The first-order chi connectivity index (χ1) is 8.56. The Hall–Kier alpha value is -1.88. The molecular weight excluding hydrogens is 244 g/mol. The largest absolute Gasteiger partial charge is 0.389 e. The predicted molar refractivity (Wildman–Crippen MR) is 77.6 cm³/mol. The minimum atomic E-state index is 0.425. The zero-order chi connectivity index (χ0) is 13.1. The SMILES string of the molecule is CN(Cc1ccn(C)n1)c1ccc(C(N)=S)cc1. The molecule has 0 saturated carbocycles. The average Bonchev–Trinajstić information content (AvgIpc) is 2.75. The second-order valence-electron chi connectivity index (χ2n) is 4.25. The number of nitrogens with zero attached hydrogens (tertiary/aromatic N) is 3. The van der Waals surface area contributed by atoms with E-state index in [4.69, 9.17) is 18.0 Å². The van der Waals surface area contributed by atoms with Gasteiger partial charge in [0.05, 0.1) is 12.2 Å². The van der Waals surface area contributed by atoms with Gasteiger partial charge in [0.25, 0.3) is 0 Å². The number of thiocarbonyl (C=S) groups is 1. The molecule has 0 aliphatic rings. The Morgan fingerprint density at radius 1 is 1.33 bits per heavy atom. The lowest BCUT2D eigenvalue weighted by Crippen LogP contribution is -2.17. The molecule has 0 unspecified atom stereocenters. The van der Waals surface area contributed by atoms with Gasteiger partial charge in [0.15, 0.2) is 0 Å². The van der Waals surface area contributed by atoms with Crippen LogP contribution in [-0.2, 0) is 13.6 Å². The second-order valence-corrected chi connectivity index (χ2v) is 4.69. The van der Waals surface area contributed by atoms with Crippen LogP contribution in [0.4, 0.5) is 5.69 Å². The van der Waals surface area contributed by atoms with Gasteiger partial charge in [0.2, 0.25) is 0 Å². The zero-order valence-electron chi connectivity index (χ0n) is 10.5. The molecule has 0 saturated heterocycles. The van der Waals surface area contributed by atoms with Crippen molar-refractivity contribution < 1.29 is 0 Å². The molecule has 1 aromatic carbocycles. The van der Waals surface area contributed by atoms with E-state index in [-0.39, 0.29) is 0 Å². The van der Waals surface area contributed by atoms with Crippen LogP contribution < -0.4 is 10.6 Å². The van der Waals surface area contributed by atoms with E-state index < -0.39 is 0 Å². The quantitative estimate of drug-likeness (QED) is 0.850. The monoisotopic (exact) mass is 260 g/mol. The van der Waals surface area contributed by atoms with Gasteiger partial charge in [-0.05, 0) is 30.3 Å². The van der Waals surface area contributed by atoms with Crippen LogP contribution in [0.5, 0.6) is 0 Å². The first kappa shape index (κ1) is 12.6. The maximum Gasteiger partial charge on any atom is 0.103 e. The third-order valence-corrected chi connectivity index (χ3v) is 3.00.